The van der Waals surface area contributed by atoms with Gasteiger partial charge in [0.15, 0.2) is 11.4 Å². The Kier molecular flexibility index (Phi) is 4.32. The van der Waals surface area contributed by atoms with Gasteiger partial charge in [0.25, 0.3) is 0 Å². The van der Waals surface area contributed by atoms with Crippen LogP contribution < -0.4 is 5.73 Å². The van der Waals surface area contributed by atoms with E-state index in [1.54, 1.807) is 0 Å². The molecule has 114 valence electrons. The number of halogens is 2. The summed E-state index contributed by atoms with van der Waals surface area (Å²) in [4.78, 5) is 11.0. The Morgan fingerprint density at radius 2 is 2.18 bits per heavy atom. The number of aldehydes is 1. The van der Waals surface area contributed by atoms with Gasteiger partial charge in [-0.1, -0.05) is 29.8 Å². The zero-order valence-electron chi connectivity index (χ0n) is 11.7. The number of rotatable bonds is 4. The molecule has 3 rings (SSSR count). The van der Waals surface area contributed by atoms with Gasteiger partial charge < -0.3 is 5.73 Å². The highest BCUT2D eigenvalue weighted by Gasteiger charge is 2.42. The lowest BCUT2D eigenvalue weighted by atomic mass is 9.99. The van der Waals surface area contributed by atoms with E-state index >= 15 is 0 Å². The van der Waals surface area contributed by atoms with Crippen molar-refractivity contribution in [3.8, 4) is 0 Å². The minimum Gasteiger partial charge on any atom is -0.404 e. The van der Waals surface area contributed by atoms with Gasteiger partial charge in [0.05, 0.1) is 16.6 Å². The van der Waals surface area contributed by atoms with E-state index in [-0.39, 0.29) is 5.38 Å². The Labute approximate surface area is 138 Å². The van der Waals surface area contributed by atoms with Gasteiger partial charge in [0.2, 0.25) is 0 Å². The van der Waals surface area contributed by atoms with Gasteiger partial charge in [0, 0.05) is 6.20 Å². The van der Waals surface area contributed by atoms with Gasteiger partial charge in [-0.3, -0.25) is 4.79 Å². The second kappa shape index (κ2) is 6.23. The van der Waals surface area contributed by atoms with Crippen LogP contribution in [0.3, 0.4) is 0 Å². The summed E-state index contributed by atoms with van der Waals surface area (Å²) >= 11 is 12.2. The van der Waals surface area contributed by atoms with Gasteiger partial charge in [-0.15, -0.1) is 21.8 Å². The van der Waals surface area contributed by atoms with Crippen LogP contribution in [0.15, 0.2) is 36.1 Å². The highest BCUT2D eigenvalue weighted by molar-refractivity contribution is 6.30. The lowest BCUT2D eigenvalue weighted by molar-refractivity contribution is -0.103. The van der Waals surface area contributed by atoms with Crippen LogP contribution in [0.25, 0.3) is 5.57 Å². The Balaban J connectivity index is 1.83. The summed E-state index contributed by atoms with van der Waals surface area (Å²) in [6.45, 7) is 0. The topological polar surface area (TPSA) is 68.9 Å². The number of nitrogens with zero attached hydrogens (tertiary/aromatic N) is 2. The molecule has 0 spiro atoms. The molecule has 22 heavy (non-hydrogen) atoms. The van der Waals surface area contributed by atoms with Gasteiger partial charge in [-0.2, -0.15) is 0 Å². The molecule has 2 aliphatic rings. The fourth-order valence-electron chi connectivity index (χ4n) is 2.77. The molecular weight excluding hydrogens is 321 g/mol. The predicted octanol–water partition coefficient (Wildman–Crippen LogP) is 3.23. The largest absolute Gasteiger partial charge is 0.404 e. The summed E-state index contributed by atoms with van der Waals surface area (Å²) in [5.41, 5.74) is 8.40. The van der Waals surface area contributed by atoms with Crippen LogP contribution in [-0.4, -0.2) is 21.9 Å². The van der Waals surface area contributed by atoms with E-state index in [9.17, 15) is 4.79 Å². The quantitative estimate of drug-likeness (QED) is 0.521. The van der Waals surface area contributed by atoms with Crippen LogP contribution in [0.5, 0.6) is 0 Å². The zero-order valence-corrected chi connectivity index (χ0v) is 13.3. The first-order valence-corrected chi connectivity index (χ1v) is 7.88. The van der Waals surface area contributed by atoms with Gasteiger partial charge in [-0.25, -0.2) is 0 Å². The number of nitrogens with two attached hydrogens (primary N) is 1. The number of allylic oxidation sites excluding steroid dienone is 5. The van der Waals surface area contributed by atoms with E-state index < -0.39 is 0 Å². The summed E-state index contributed by atoms with van der Waals surface area (Å²) in [7, 11) is 0. The number of alkyl halides is 1. The van der Waals surface area contributed by atoms with Crippen molar-refractivity contribution in [2.45, 2.75) is 24.1 Å². The summed E-state index contributed by atoms with van der Waals surface area (Å²) < 4.78 is 0. The number of hydrogen-bond acceptors (Lipinski definition) is 4. The average Bonchev–Trinajstić information content (AvgIpc) is 3.31. The normalized spacial score (nSPS) is 27.5. The van der Waals surface area contributed by atoms with Crippen molar-refractivity contribution in [3.05, 3.63) is 52.5 Å². The molecule has 1 heterocycles. The third-order valence-electron chi connectivity index (χ3n) is 4.07. The molecule has 0 aliphatic heterocycles. The fourth-order valence-corrected chi connectivity index (χ4v) is 3.16. The SMILES string of the molecule is N/C=C(\C=O)c1cc(C2C[C@@H]2C2=CCC(Cl)C=C2)c(Cl)nn1. The summed E-state index contributed by atoms with van der Waals surface area (Å²) in [6.07, 6.45) is 10.1. The Hall–Kier alpha value is -1.65. The molecule has 0 aromatic carbocycles. The van der Waals surface area contributed by atoms with Crippen molar-refractivity contribution in [1.29, 1.82) is 0 Å². The maximum absolute atomic E-state index is 11.0. The van der Waals surface area contributed by atoms with Gasteiger partial charge >= 0.3 is 0 Å². The minimum absolute atomic E-state index is 0.0866. The molecule has 4 nitrogen and oxygen atoms in total. The second-order valence-corrected chi connectivity index (χ2v) is 6.40. The third kappa shape index (κ3) is 2.94. The molecule has 0 amide bonds. The molecular formula is C16H15Cl2N3O. The molecule has 0 radical (unpaired) electrons. The molecule has 0 bridgehead atoms. The number of carbonyl (C=O) groups is 1. The Morgan fingerprint density at radius 3 is 2.82 bits per heavy atom. The minimum atomic E-state index is 0.0866. The van der Waals surface area contributed by atoms with Crippen molar-refractivity contribution < 1.29 is 4.79 Å². The molecule has 1 fully saturated rings. The maximum Gasteiger partial charge on any atom is 0.155 e. The van der Waals surface area contributed by atoms with Crippen molar-refractivity contribution in [1.82, 2.24) is 10.2 Å². The Bertz CT molecular complexity index is 697. The monoisotopic (exact) mass is 335 g/mol. The molecule has 2 N–H and O–H groups in total. The zero-order chi connectivity index (χ0) is 15.7. The number of carbonyl (C=O) groups excluding carboxylic acids is 1. The number of hydrogen-bond donors (Lipinski definition) is 1. The first kappa shape index (κ1) is 15.3. The van der Waals surface area contributed by atoms with Crippen LogP contribution in [0, 0.1) is 5.92 Å². The van der Waals surface area contributed by atoms with Crippen LogP contribution in [0.1, 0.15) is 30.0 Å². The van der Waals surface area contributed by atoms with Crippen molar-refractivity contribution in [3.63, 3.8) is 0 Å². The van der Waals surface area contributed by atoms with E-state index in [1.165, 1.54) is 11.8 Å². The summed E-state index contributed by atoms with van der Waals surface area (Å²) in [6, 6.07) is 1.81. The van der Waals surface area contributed by atoms with Crippen LogP contribution in [0.4, 0.5) is 0 Å². The van der Waals surface area contributed by atoms with Crippen LogP contribution in [-0.2, 0) is 4.79 Å². The lowest BCUT2D eigenvalue weighted by Crippen LogP contribution is -2.01. The fraction of sp³-hybridized carbons (Fsp3) is 0.312. The van der Waals surface area contributed by atoms with Crippen molar-refractivity contribution in [2.75, 3.05) is 0 Å². The average molecular weight is 336 g/mol. The maximum atomic E-state index is 11.0. The van der Waals surface area contributed by atoms with Gasteiger partial charge in [0.1, 0.15) is 0 Å². The molecule has 2 aliphatic carbocycles. The standard InChI is InChI=1S/C16H15Cl2N3O/c17-11-3-1-9(2-4-11)12-5-13(12)14-6-15(10(7-19)8-22)20-21-16(14)18/h1-3,6-8,11-13H,4-5,19H2/b10-7+/t11?,12-,13?/m1/s1. The molecule has 1 aromatic rings. The molecule has 0 saturated heterocycles. The van der Waals surface area contributed by atoms with Gasteiger partial charge in [-0.05, 0) is 41.9 Å². The van der Waals surface area contributed by atoms with E-state index in [1.807, 2.05) is 12.1 Å². The van der Waals surface area contributed by atoms with E-state index in [0.29, 0.717) is 34.5 Å². The first-order valence-electron chi connectivity index (χ1n) is 7.07. The highest BCUT2D eigenvalue weighted by atomic mass is 35.5. The molecule has 1 aromatic heterocycles. The van der Waals surface area contributed by atoms with E-state index in [4.69, 9.17) is 28.9 Å². The summed E-state index contributed by atoms with van der Waals surface area (Å²) in [5.74, 6) is 0.728. The predicted molar refractivity (Wildman–Crippen MR) is 87.6 cm³/mol. The molecule has 1 saturated carbocycles. The molecule has 3 atom stereocenters. The van der Waals surface area contributed by atoms with Crippen LogP contribution in [0.2, 0.25) is 5.15 Å². The van der Waals surface area contributed by atoms with E-state index in [0.717, 1.165) is 18.4 Å². The second-order valence-electron chi connectivity index (χ2n) is 5.48. The third-order valence-corrected chi connectivity index (χ3v) is 4.69. The van der Waals surface area contributed by atoms with Crippen molar-refractivity contribution in [2.24, 2.45) is 11.7 Å². The first-order chi connectivity index (χ1) is 10.6. The molecule has 6 heteroatoms. The Morgan fingerprint density at radius 1 is 1.36 bits per heavy atom. The van der Waals surface area contributed by atoms with Crippen LogP contribution >= 0.6 is 23.2 Å². The van der Waals surface area contributed by atoms with Crippen molar-refractivity contribution >= 4 is 35.1 Å². The lowest BCUT2D eigenvalue weighted by Gasteiger charge is -2.11. The smallest absolute Gasteiger partial charge is 0.155 e. The summed E-state index contributed by atoms with van der Waals surface area (Å²) in [5, 5.41) is 8.35. The number of aromatic nitrogens is 2. The van der Waals surface area contributed by atoms with E-state index in [2.05, 4.69) is 22.3 Å². The molecule has 2 unspecified atom stereocenters. The highest BCUT2D eigenvalue weighted by Crippen LogP contribution is 2.54.